The molecule has 123 valence electrons. The fourth-order valence-corrected chi connectivity index (χ4v) is 1.68. The maximum absolute atomic E-state index is 7.50. The number of benzene rings is 1. The summed E-state index contributed by atoms with van der Waals surface area (Å²) in [6.45, 7) is 17.8. The first-order valence-corrected chi connectivity index (χ1v) is 6.15. The zero-order valence-corrected chi connectivity index (χ0v) is 15.2. The van der Waals surface area contributed by atoms with E-state index in [2.05, 4.69) is 61.4 Å². The molecule has 0 unspecified atom stereocenters. The van der Waals surface area contributed by atoms with Gasteiger partial charge in [-0.1, -0.05) is 31.2 Å². The molecule has 0 saturated carbocycles. The van der Waals surface area contributed by atoms with E-state index in [9.17, 15) is 0 Å². The third-order valence-electron chi connectivity index (χ3n) is 2.34. The Hall–Kier alpha value is -1.83. The van der Waals surface area contributed by atoms with Crippen LogP contribution in [0, 0.1) is 33.1 Å². The predicted octanol–water partition coefficient (Wildman–Crippen LogP) is 3.13. The van der Waals surface area contributed by atoms with Gasteiger partial charge in [-0.15, -0.1) is 0 Å². The van der Waals surface area contributed by atoms with Crippen molar-refractivity contribution in [3.8, 4) is 0 Å². The van der Waals surface area contributed by atoms with Crippen LogP contribution in [0.3, 0.4) is 0 Å². The summed E-state index contributed by atoms with van der Waals surface area (Å²) in [5.41, 5.74) is 1.95. The molecule has 1 aromatic carbocycles. The van der Waals surface area contributed by atoms with E-state index in [1.807, 2.05) is 19.1 Å². The van der Waals surface area contributed by atoms with Crippen LogP contribution in [0.1, 0.15) is 6.92 Å². The van der Waals surface area contributed by atoms with E-state index in [4.69, 9.17) is 9.30 Å². The van der Waals surface area contributed by atoms with E-state index < -0.39 is 0 Å². The van der Waals surface area contributed by atoms with Gasteiger partial charge in [0.05, 0.1) is 11.0 Å². The smallest absolute Gasteiger partial charge is 0.0964 e. The Morgan fingerprint density at radius 3 is 1.42 bits per heavy atom. The van der Waals surface area contributed by atoms with Crippen LogP contribution in [-0.2, 0) is 30.4 Å². The van der Waals surface area contributed by atoms with Crippen molar-refractivity contribution in [1.82, 2.24) is 9.97 Å². The minimum atomic E-state index is 0. The van der Waals surface area contributed by atoms with Gasteiger partial charge >= 0.3 is 22.6 Å². The Morgan fingerprint density at radius 1 is 0.833 bits per heavy atom. The molecule has 0 atom stereocenters. The Kier molecular flexibility index (Phi) is 18.1. The molecule has 3 radical (unpaired) electrons. The Balaban J connectivity index is -0.000000387. The summed E-state index contributed by atoms with van der Waals surface area (Å²) in [7, 11) is 0. The van der Waals surface area contributed by atoms with E-state index in [0.29, 0.717) is 0 Å². The first-order chi connectivity index (χ1) is 10.7. The van der Waals surface area contributed by atoms with E-state index in [0.717, 1.165) is 27.7 Å². The fraction of sp³-hybridized carbons (Fsp3) is 0.0556. The van der Waals surface area contributed by atoms with Crippen LogP contribution in [0.5, 0.6) is 0 Å². The van der Waals surface area contributed by atoms with Gasteiger partial charge in [-0.3, -0.25) is 9.97 Å². The van der Waals surface area contributed by atoms with Crippen molar-refractivity contribution in [2.24, 2.45) is 0 Å². The molecular formula is C18H17MoN2O3. The molecule has 0 aliphatic heterocycles. The molecule has 24 heavy (non-hydrogen) atoms. The molecule has 0 saturated heterocycles. The monoisotopic (exact) mass is 407 g/mol. The van der Waals surface area contributed by atoms with Crippen LogP contribution in [0.15, 0.2) is 48.8 Å². The van der Waals surface area contributed by atoms with E-state index >= 15 is 0 Å². The summed E-state index contributed by atoms with van der Waals surface area (Å²) in [6, 6.07) is 12.1. The normalized spacial score (nSPS) is 8.00. The Labute approximate surface area is 156 Å². The quantitative estimate of drug-likeness (QED) is 0.249. The van der Waals surface area contributed by atoms with Gasteiger partial charge in [0.2, 0.25) is 0 Å². The number of hydrogen-bond acceptors (Lipinski definition) is 2. The van der Waals surface area contributed by atoms with Gasteiger partial charge in [0.1, 0.15) is 0 Å². The first kappa shape index (κ1) is 27.0. The van der Waals surface area contributed by atoms with Gasteiger partial charge in [-0.2, -0.15) is 0 Å². The van der Waals surface area contributed by atoms with Crippen molar-refractivity contribution in [2.75, 3.05) is 0 Å². The van der Waals surface area contributed by atoms with Crippen molar-refractivity contribution in [3.63, 3.8) is 0 Å². The fourth-order valence-electron chi connectivity index (χ4n) is 1.68. The number of fused-ring (bicyclic) bond motifs is 3. The predicted molar refractivity (Wildman–Crippen MR) is 88.1 cm³/mol. The van der Waals surface area contributed by atoms with Crippen molar-refractivity contribution in [3.05, 3.63) is 81.9 Å². The molecule has 0 bridgehead atoms. The van der Waals surface area contributed by atoms with Crippen LogP contribution >= 0.6 is 0 Å². The van der Waals surface area contributed by atoms with E-state index in [-0.39, 0.29) is 26.5 Å². The number of rotatable bonds is 0. The van der Waals surface area contributed by atoms with Gasteiger partial charge in [0.15, 0.2) is 0 Å². The second kappa shape index (κ2) is 16.0. The summed E-state index contributed by atoms with van der Waals surface area (Å²) >= 11 is 0. The average molecular weight is 405 g/mol. The van der Waals surface area contributed by atoms with Gasteiger partial charge in [0.25, 0.3) is 0 Å². The maximum Gasteiger partial charge on any atom is 0.0964 e. The minimum Gasteiger partial charge on any atom is -0.254 e. The number of aromatic nitrogens is 2. The summed E-state index contributed by atoms with van der Waals surface area (Å²) in [4.78, 5) is 8.69. The molecule has 3 aromatic rings. The number of pyridine rings is 2. The number of hydrogen-bond donors (Lipinski definition) is 0. The van der Waals surface area contributed by atoms with Crippen LogP contribution in [0.25, 0.3) is 21.8 Å². The van der Waals surface area contributed by atoms with E-state index in [1.165, 1.54) is 0 Å². The van der Waals surface area contributed by atoms with Crippen molar-refractivity contribution >= 4 is 21.8 Å². The topological polar surface area (TPSA) is 97.1 Å². The zero-order valence-electron chi connectivity index (χ0n) is 13.2. The third-order valence-corrected chi connectivity index (χ3v) is 2.34. The van der Waals surface area contributed by atoms with Gasteiger partial charge in [0, 0.05) is 44.2 Å². The SMILES string of the molecule is O.[C-]#[O+].[C-]#[O+].[CH2][C]([CH2])C.[Mo].c1cnc2c(c1)ccc1cccnc12. The number of nitrogens with zero attached hydrogens (tertiary/aromatic N) is 2. The molecular weight excluding hydrogens is 388 g/mol. The second-order valence-corrected chi connectivity index (χ2v) is 4.17. The maximum atomic E-state index is 7.50. The molecule has 0 aliphatic carbocycles. The minimum absolute atomic E-state index is 0. The molecule has 5 nitrogen and oxygen atoms in total. The molecule has 3 rings (SSSR count). The largest absolute Gasteiger partial charge is 0.254 e. The summed E-state index contributed by atoms with van der Waals surface area (Å²) < 4.78 is 15.0. The standard InChI is InChI=1S/C12H8N2.C4H7.2CO.Mo.H2O/c1-3-9-5-6-10-4-2-8-14-12(10)11(9)13-7-1;1-4(2)3;2*1-2;;/h1-8H;1-2H2,3H3;;;;1H2. The van der Waals surface area contributed by atoms with Crippen LogP contribution in [0.2, 0.25) is 0 Å². The molecule has 0 amide bonds. The Bertz CT molecular complexity index is 679. The van der Waals surface area contributed by atoms with Crippen molar-refractivity contribution in [1.29, 1.82) is 0 Å². The molecule has 6 heteroatoms. The average Bonchev–Trinajstić information content (AvgIpc) is 2.58. The van der Waals surface area contributed by atoms with Crippen LogP contribution in [-0.4, -0.2) is 15.4 Å². The second-order valence-electron chi connectivity index (χ2n) is 4.17. The van der Waals surface area contributed by atoms with Crippen molar-refractivity contribution < 1.29 is 35.8 Å². The molecule has 2 aromatic heterocycles. The molecule has 0 aliphatic rings. The van der Waals surface area contributed by atoms with E-state index in [1.54, 1.807) is 12.4 Å². The molecule has 0 fully saturated rings. The third kappa shape index (κ3) is 8.71. The van der Waals surface area contributed by atoms with Crippen LogP contribution in [0.4, 0.5) is 0 Å². The molecule has 2 heterocycles. The summed E-state index contributed by atoms with van der Waals surface area (Å²) in [6.07, 6.45) is 3.60. The molecule has 0 spiro atoms. The first-order valence-electron chi connectivity index (χ1n) is 6.15. The zero-order chi connectivity index (χ0) is 17.0. The molecule has 2 N–H and O–H groups in total. The van der Waals surface area contributed by atoms with Gasteiger partial charge in [-0.25, -0.2) is 0 Å². The summed E-state index contributed by atoms with van der Waals surface area (Å²) in [5, 5.41) is 2.28. The Morgan fingerprint density at radius 2 is 1.12 bits per heavy atom. The van der Waals surface area contributed by atoms with Gasteiger partial charge in [-0.05, 0) is 31.9 Å². The van der Waals surface area contributed by atoms with Crippen LogP contribution < -0.4 is 0 Å². The van der Waals surface area contributed by atoms with Crippen molar-refractivity contribution in [2.45, 2.75) is 6.92 Å². The summed E-state index contributed by atoms with van der Waals surface area (Å²) in [5.74, 6) is 0.917. The van der Waals surface area contributed by atoms with Gasteiger partial charge < -0.3 is 5.48 Å².